The number of carbonyl (C=O) groups excluding carboxylic acids is 2. The van der Waals surface area contributed by atoms with Crippen molar-refractivity contribution in [2.75, 3.05) is 12.4 Å². The molecule has 0 radical (unpaired) electrons. The third-order valence-electron chi connectivity index (χ3n) is 4.68. The summed E-state index contributed by atoms with van der Waals surface area (Å²) in [5.74, 6) is -0.918. The number of hydrogen-bond donors (Lipinski definition) is 2. The summed E-state index contributed by atoms with van der Waals surface area (Å²) < 4.78 is 10.4. The molecule has 30 heavy (non-hydrogen) atoms. The molecular weight excluding hydrogens is 380 g/mol. The van der Waals surface area contributed by atoms with Crippen LogP contribution in [0.4, 0.5) is 5.69 Å². The van der Waals surface area contributed by atoms with Gasteiger partial charge in [0.15, 0.2) is 6.04 Å². The van der Waals surface area contributed by atoms with Gasteiger partial charge in [-0.25, -0.2) is 9.59 Å². The second kappa shape index (κ2) is 10.2. The predicted molar refractivity (Wildman–Crippen MR) is 115 cm³/mol. The van der Waals surface area contributed by atoms with Gasteiger partial charge in [0.05, 0.1) is 12.7 Å². The Morgan fingerprint density at radius 2 is 1.60 bits per heavy atom. The average Bonchev–Trinajstić information content (AvgIpc) is 2.81. The topological polar surface area (TPSA) is 90.6 Å². The zero-order chi connectivity index (χ0) is 21.3. The van der Waals surface area contributed by atoms with E-state index in [2.05, 4.69) is 5.32 Å². The quantitative estimate of drug-likeness (QED) is 0.555. The molecule has 0 amide bonds. The van der Waals surface area contributed by atoms with Crippen LogP contribution in [0.15, 0.2) is 78.9 Å². The van der Waals surface area contributed by atoms with Crippen LogP contribution in [0.3, 0.4) is 0 Å². The number of esters is 2. The number of nitrogens with one attached hydrogen (secondary N) is 1. The Morgan fingerprint density at radius 3 is 2.23 bits per heavy atom. The highest BCUT2D eigenvalue weighted by Gasteiger charge is 2.23. The zero-order valence-electron chi connectivity index (χ0n) is 16.7. The summed E-state index contributed by atoms with van der Waals surface area (Å²) in [6.45, 7) is 0.262. The van der Waals surface area contributed by atoms with Crippen molar-refractivity contribution in [1.29, 1.82) is 0 Å². The van der Waals surface area contributed by atoms with Gasteiger partial charge < -0.3 is 20.5 Å². The maximum atomic E-state index is 12.7. The van der Waals surface area contributed by atoms with Crippen LogP contribution in [0.1, 0.15) is 33.1 Å². The summed E-state index contributed by atoms with van der Waals surface area (Å²) in [6.07, 6.45) is 0. The van der Waals surface area contributed by atoms with Crippen molar-refractivity contribution in [1.82, 2.24) is 0 Å². The lowest BCUT2D eigenvalue weighted by molar-refractivity contribution is -0.141. The van der Waals surface area contributed by atoms with Crippen LogP contribution in [0.2, 0.25) is 0 Å². The summed E-state index contributed by atoms with van der Waals surface area (Å²) in [4.78, 5) is 25.1. The van der Waals surface area contributed by atoms with Gasteiger partial charge in [-0.2, -0.15) is 0 Å². The Morgan fingerprint density at radius 1 is 0.933 bits per heavy atom. The van der Waals surface area contributed by atoms with Gasteiger partial charge in [-0.15, -0.1) is 0 Å². The molecule has 1 unspecified atom stereocenters. The number of methoxy groups -OCH3 is 1. The summed E-state index contributed by atoms with van der Waals surface area (Å²) in [6, 6.07) is 23.1. The molecule has 0 aliphatic rings. The van der Waals surface area contributed by atoms with Crippen LogP contribution in [-0.2, 0) is 27.4 Å². The average molecular weight is 404 g/mol. The van der Waals surface area contributed by atoms with Crippen LogP contribution in [0.5, 0.6) is 0 Å². The highest BCUT2D eigenvalue weighted by Crippen LogP contribution is 2.26. The number of benzene rings is 3. The molecule has 0 bridgehead atoms. The second-order valence-electron chi connectivity index (χ2n) is 6.61. The van der Waals surface area contributed by atoms with Crippen LogP contribution < -0.4 is 11.1 Å². The fourth-order valence-corrected chi connectivity index (χ4v) is 3.13. The Bertz CT molecular complexity index is 991. The number of carbonyl (C=O) groups is 2. The molecule has 154 valence electrons. The van der Waals surface area contributed by atoms with Crippen molar-refractivity contribution in [2.45, 2.75) is 19.2 Å². The molecule has 3 N–H and O–H groups in total. The monoisotopic (exact) mass is 404 g/mol. The lowest BCUT2D eigenvalue weighted by Gasteiger charge is -2.21. The van der Waals surface area contributed by atoms with E-state index in [-0.39, 0.29) is 13.2 Å². The molecule has 1 atom stereocenters. The Balaban J connectivity index is 1.85. The number of nitrogens with two attached hydrogens (primary N) is 1. The van der Waals surface area contributed by atoms with E-state index in [9.17, 15) is 9.59 Å². The Labute approximate surface area is 175 Å². The lowest BCUT2D eigenvalue weighted by Crippen LogP contribution is -2.24. The van der Waals surface area contributed by atoms with Gasteiger partial charge in [0.1, 0.15) is 6.61 Å². The minimum absolute atomic E-state index is 0.0988. The molecule has 0 saturated carbocycles. The maximum Gasteiger partial charge on any atom is 0.338 e. The molecule has 0 fully saturated rings. The number of hydrogen-bond acceptors (Lipinski definition) is 6. The first-order chi connectivity index (χ1) is 14.6. The second-order valence-corrected chi connectivity index (χ2v) is 6.61. The van der Waals surface area contributed by atoms with Crippen LogP contribution in [0, 0.1) is 0 Å². The van der Waals surface area contributed by atoms with E-state index >= 15 is 0 Å². The minimum atomic E-state index is -0.739. The van der Waals surface area contributed by atoms with Crippen molar-refractivity contribution in [3.8, 4) is 0 Å². The summed E-state index contributed by atoms with van der Waals surface area (Å²) in [5, 5.41) is 3.17. The van der Waals surface area contributed by atoms with Gasteiger partial charge >= 0.3 is 11.9 Å². The predicted octanol–water partition coefficient (Wildman–Crippen LogP) is 3.83. The molecule has 3 rings (SSSR count). The smallest absolute Gasteiger partial charge is 0.338 e. The fourth-order valence-electron chi connectivity index (χ4n) is 3.13. The van der Waals surface area contributed by atoms with Crippen molar-refractivity contribution >= 4 is 17.6 Å². The molecule has 0 saturated heterocycles. The van der Waals surface area contributed by atoms with E-state index < -0.39 is 18.0 Å². The van der Waals surface area contributed by atoms with E-state index in [1.165, 1.54) is 7.11 Å². The third kappa shape index (κ3) is 5.04. The van der Waals surface area contributed by atoms with Gasteiger partial charge in [-0.1, -0.05) is 66.7 Å². The van der Waals surface area contributed by atoms with Crippen LogP contribution in [0.25, 0.3) is 0 Å². The molecular formula is C24H24N2O4. The zero-order valence-corrected chi connectivity index (χ0v) is 16.7. The first kappa shape index (κ1) is 21.1. The highest BCUT2D eigenvalue weighted by atomic mass is 16.5. The molecule has 0 aliphatic carbocycles. The van der Waals surface area contributed by atoms with E-state index in [4.69, 9.17) is 15.2 Å². The highest BCUT2D eigenvalue weighted by molar-refractivity contribution is 5.93. The van der Waals surface area contributed by atoms with Crippen molar-refractivity contribution in [3.05, 3.63) is 101 Å². The lowest BCUT2D eigenvalue weighted by atomic mass is 10.0. The number of anilines is 1. The maximum absolute atomic E-state index is 12.7. The molecule has 3 aromatic carbocycles. The fraction of sp³-hybridized carbons (Fsp3) is 0.167. The van der Waals surface area contributed by atoms with Crippen molar-refractivity contribution in [3.63, 3.8) is 0 Å². The summed E-state index contributed by atoms with van der Waals surface area (Å²) in [5.41, 5.74) is 9.09. The third-order valence-corrected chi connectivity index (χ3v) is 4.68. The molecule has 0 heterocycles. The normalized spacial score (nSPS) is 11.4. The number of ether oxygens (including phenoxy) is 2. The first-order valence-corrected chi connectivity index (χ1v) is 9.56. The van der Waals surface area contributed by atoms with E-state index in [0.29, 0.717) is 16.8 Å². The molecule has 0 aliphatic heterocycles. The van der Waals surface area contributed by atoms with Crippen molar-refractivity contribution in [2.24, 2.45) is 5.73 Å². The van der Waals surface area contributed by atoms with Gasteiger partial charge in [-0.3, -0.25) is 0 Å². The SMILES string of the molecule is COC(=O)C(Nc1cccc(C(=O)OCc2ccccc2)c1CN)c1ccccc1. The van der Waals surface area contributed by atoms with Gasteiger partial charge in [0.25, 0.3) is 0 Å². The van der Waals surface area contributed by atoms with Gasteiger partial charge in [0, 0.05) is 17.8 Å². The minimum Gasteiger partial charge on any atom is -0.467 e. The van der Waals surface area contributed by atoms with Crippen LogP contribution in [-0.4, -0.2) is 19.0 Å². The largest absolute Gasteiger partial charge is 0.467 e. The van der Waals surface area contributed by atoms with Crippen LogP contribution >= 0.6 is 0 Å². The van der Waals surface area contributed by atoms with Crippen molar-refractivity contribution < 1.29 is 19.1 Å². The van der Waals surface area contributed by atoms with E-state index in [0.717, 1.165) is 11.1 Å². The van der Waals surface area contributed by atoms with E-state index in [1.54, 1.807) is 18.2 Å². The van der Waals surface area contributed by atoms with Gasteiger partial charge in [0.2, 0.25) is 0 Å². The Hall–Kier alpha value is -3.64. The Kier molecular flexibility index (Phi) is 7.19. The standard InChI is InChI=1S/C24H24N2O4/c1-29-24(28)22(18-11-6-3-7-12-18)26-21-14-8-13-19(20(21)15-25)23(27)30-16-17-9-4-2-5-10-17/h2-14,22,26H,15-16,25H2,1H3. The number of rotatable bonds is 8. The molecule has 3 aromatic rings. The molecule has 6 nitrogen and oxygen atoms in total. The van der Waals surface area contributed by atoms with Gasteiger partial charge in [-0.05, 0) is 23.3 Å². The molecule has 6 heteroatoms. The first-order valence-electron chi connectivity index (χ1n) is 9.56. The molecule has 0 spiro atoms. The summed E-state index contributed by atoms with van der Waals surface area (Å²) >= 11 is 0. The summed E-state index contributed by atoms with van der Waals surface area (Å²) in [7, 11) is 1.33. The molecule has 0 aromatic heterocycles. The van der Waals surface area contributed by atoms with E-state index in [1.807, 2.05) is 60.7 Å².